The van der Waals surface area contributed by atoms with Crippen LogP contribution in [0.5, 0.6) is 0 Å². The van der Waals surface area contributed by atoms with E-state index in [9.17, 15) is 14.7 Å². The number of aromatic nitrogens is 3. The smallest absolute Gasteiger partial charge is 0.411 e. The maximum atomic E-state index is 12.7. The van der Waals surface area contributed by atoms with Gasteiger partial charge < -0.3 is 16.2 Å². The Bertz CT molecular complexity index is 1170. The van der Waals surface area contributed by atoms with E-state index in [0.717, 1.165) is 17.6 Å². The molecule has 31 heavy (non-hydrogen) atoms. The van der Waals surface area contributed by atoms with Gasteiger partial charge in [0, 0.05) is 24.5 Å². The lowest BCUT2D eigenvalue weighted by Crippen LogP contribution is -2.28. The third kappa shape index (κ3) is 4.22. The van der Waals surface area contributed by atoms with Gasteiger partial charge in [-0.15, -0.1) is 0 Å². The fraction of sp³-hybridized carbons (Fsp3) is 0.143. The summed E-state index contributed by atoms with van der Waals surface area (Å²) in [6.07, 6.45) is 4.88. The maximum absolute atomic E-state index is 12.7. The van der Waals surface area contributed by atoms with Crippen LogP contribution in [0, 0.1) is 0 Å². The number of benzene rings is 1. The molecular weight excluding hydrogens is 420 g/mol. The number of hydrogen-bond acceptors (Lipinski definition) is 5. The van der Waals surface area contributed by atoms with Crippen molar-refractivity contribution in [3.05, 3.63) is 71.1 Å². The Kier molecular flexibility index (Phi) is 5.59. The molecule has 1 aliphatic heterocycles. The fourth-order valence-electron chi connectivity index (χ4n) is 3.40. The van der Waals surface area contributed by atoms with Crippen LogP contribution in [0.15, 0.2) is 55.0 Å². The molecule has 10 heteroatoms. The average molecular weight is 439 g/mol. The van der Waals surface area contributed by atoms with Gasteiger partial charge in [-0.1, -0.05) is 29.8 Å². The van der Waals surface area contributed by atoms with Crippen molar-refractivity contribution in [2.75, 3.05) is 17.6 Å². The lowest BCUT2D eigenvalue weighted by Gasteiger charge is -2.24. The van der Waals surface area contributed by atoms with Crippen molar-refractivity contribution in [3.8, 4) is 5.69 Å². The largest absolute Gasteiger partial charge is 0.465 e. The van der Waals surface area contributed by atoms with Crippen LogP contribution in [-0.4, -0.2) is 43.3 Å². The molecule has 0 aliphatic carbocycles. The second-order valence-electron chi connectivity index (χ2n) is 6.92. The first kappa shape index (κ1) is 20.4. The lowest BCUT2D eigenvalue weighted by molar-refractivity contribution is 0.102. The summed E-state index contributed by atoms with van der Waals surface area (Å²) in [5.41, 5.74) is 8.77. The van der Waals surface area contributed by atoms with Gasteiger partial charge >= 0.3 is 6.09 Å². The number of pyridine rings is 1. The summed E-state index contributed by atoms with van der Waals surface area (Å²) in [5, 5.41) is 16.7. The van der Waals surface area contributed by atoms with Crippen LogP contribution in [0.2, 0.25) is 5.02 Å². The van der Waals surface area contributed by atoms with E-state index in [-0.39, 0.29) is 11.4 Å². The minimum absolute atomic E-state index is 0.158. The molecule has 0 unspecified atom stereocenters. The van der Waals surface area contributed by atoms with E-state index in [0.29, 0.717) is 29.5 Å². The Balaban J connectivity index is 1.66. The second-order valence-corrected chi connectivity index (χ2v) is 7.36. The second kappa shape index (κ2) is 8.49. The average Bonchev–Trinajstić information content (AvgIpc) is 3.16. The summed E-state index contributed by atoms with van der Waals surface area (Å²) in [7, 11) is 0. The van der Waals surface area contributed by atoms with E-state index in [4.69, 9.17) is 17.3 Å². The number of para-hydroxylation sites is 1. The van der Waals surface area contributed by atoms with Crippen LogP contribution >= 0.6 is 11.6 Å². The van der Waals surface area contributed by atoms with E-state index in [2.05, 4.69) is 15.4 Å². The van der Waals surface area contributed by atoms with E-state index in [1.807, 2.05) is 24.3 Å². The zero-order valence-corrected chi connectivity index (χ0v) is 17.1. The Morgan fingerprint density at radius 1 is 1.16 bits per heavy atom. The highest BCUT2D eigenvalue weighted by molar-refractivity contribution is 6.30. The first-order valence-corrected chi connectivity index (χ1v) is 9.88. The Labute approximate surface area is 182 Å². The molecule has 0 radical (unpaired) electrons. The number of amides is 2. The first-order valence-electron chi connectivity index (χ1n) is 9.50. The Morgan fingerprint density at radius 2 is 1.97 bits per heavy atom. The molecule has 0 saturated heterocycles. The van der Waals surface area contributed by atoms with Gasteiger partial charge in [-0.2, -0.15) is 5.10 Å². The predicted octanol–water partition coefficient (Wildman–Crippen LogP) is 3.87. The van der Waals surface area contributed by atoms with E-state index in [1.165, 1.54) is 22.0 Å². The molecule has 2 amide bonds. The van der Waals surface area contributed by atoms with E-state index < -0.39 is 12.0 Å². The maximum Gasteiger partial charge on any atom is 0.411 e. The fourth-order valence-corrected chi connectivity index (χ4v) is 3.51. The van der Waals surface area contributed by atoms with Gasteiger partial charge in [0.2, 0.25) is 0 Å². The molecule has 0 atom stereocenters. The van der Waals surface area contributed by atoms with Crippen molar-refractivity contribution in [2.45, 2.75) is 12.8 Å². The number of halogens is 1. The number of nitrogen functional groups attached to an aromatic ring is 1. The molecule has 1 aliphatic rings. The van der Waals surface area contributed by atoms with E-state index >= 15 is 0 Å². The van der Waals surface area contributed by atoms with Crippen LogP contribution in [0.1, 0.15) is 28.8 Å². The standard InChI is InChI=1S/C21H19ClN6O3/c22-14-7-8-18(24-10-14)26-20(29)16-11-25-28(19(16)23)17-6-2-1-5-15(17)13-4-3-9-27(12-13)21(30)31/h1-2,5-8,10-12H,3-4,9,23H2,(H,30,31)(H,24,26,29). The third-order valence-electron chi connectivity index (χ3n) is 4.90. The third-order valence-corrected chi connectivity index (χ3v) is 5.12. The van der Waals surface area contributed by atoms with Gasteiger partial charge in [-0.3, -0.25) is 9.69 Å². The number of nitrogens with zero attached hydrogens (tertiary/aromatic N) is 4. The molecule has 9 nitrogen and oxygen atoms in total. The normalized spacial score (nSPS) is 13.6. The highest BCUT2D eigenvalue weighted by Gasteiger charge is 2.22. The van der Waals surface area contributed by atoms with Gasteiger partial charge in [0.25, 0.3) is 5.91 Å². The Morgan fingerprint density at radius 3 is 2.71 bits per heavy atom. The summed E-state index contributed by atoms with van der Waals surface area (Å²) >= 11 is 5.82. The van der Waals surface area contributed by atoms with Crippen molar-refractivity contribution in [2.24, 2.45) is 0 Å². The summed E-state index contributed by atoms with van der Waals surface area (Å²) in [5.74, 6) is 0.0403. The van der Waals surface area contributed by atoms with Crippen LogP contribution in [0.25, 0.3) is 11.3 Å². The van der Waals surface area contributed by atoms with Gasteiger partial charge in [0.1, 0.15) is 17.2 Å². The number of allylic oxidation sites excluding steroid dienone is 1. The molecule has 0 spiro atoms. The molecule has 0 saturated carbocycles. The summed E-state index contributed by atoms with van der Waals surface area (Å²) in [6, 6.07) is 10.6. The monoisotopic (exact) mass is 438 g/mol. The van der Waals surface area contributed by atoms with Crippen molar-refractivity contribution >= 4 is 40.8 Å². The van der Waals surface area contributed by atoms with Gasteiger partial charge in [-0.25, -0.2) is 14.5 Å². The number of nitrogens with two attached hydrogens (primary N) is 1. The lowest BCUT2D eigenvalue weighted by atomic mass is 9.98. The zero-order chi connectivity index (χ0) is 22.0. The summed E-state index contributed by atoms with van der Waals surface area (Å²) in [4.78, 5) is 29.3. The summed E-state index contributed by atoms with van der Waals surface area (Å²) < 4.78 is 1.47. The number of carboxylic acid groups (broad SMARTS) is 1. The van der Waals surface area contributed by atoms with Crippen LogP contribution in [0.3, 0.4) is 0 Å². The zero-order valence-electron chi connectivity index (χ0n) is 16.3. The van der Waals surface area contributed by atoms with E-state index in [1.54, 1.807) is 18.3 Å². The van der Waals surface area contributed by atoms with Gasteiger partial charge in [0.05, 0.1) is 16.9 Å². The minimum Gasteiger partial charge on any atom is -0.465 e. The highest BCUT2D eigenvalue weighted by Crippen LogP contribution is 2.31. The molecule has 1 aromatic carbocycles. The SMILES string of the molecule is Nc1c(C(=O)Nc2ccc(Cl)cn2)cnn1-c1ccccc1C1=CN(C(=O)O)CCC1. The number of rotatable bonds is 4. The quantitative estimate of drug-likeness (QED) is 0.567. The summed E-state index contributed by atoms with van der Waals surface area (Å²) in [6.45, 7) is 0.452. The number of hydrogen-bond donors (Lipinski definition) is 3. The van der Waals surface area contributed by atoms with Gasteiger partial charge in [0.15, 0.2) is 0 Å². The predicted molar refractivity (Wildman–Crippen MR) is 117 cm³/mol. The van der Waals surface area contributed by atoms with Crippen molar-refractivity contribution in [1.82, 2.24) is 19.7 Å². The van der Waals surface area contributed by atoms with Crippen LogP contribution in [-0.2, 0) is 0 Å². The number of nitrogens with one attached hydrogen (secondary N) is 1. The topological polar surface area (TPSA) is 126 Å². The molecule has 4 rings (SSSR count). The molecule has 4 N–H and O–H groups in total. The number of anilines is 2. The van der Waals surface area contributed by atoms with Crippen LogP contribution in [0.4, 0.5) is 16.4 Å². The van der Waals surface area contributed by atoms with Crippen LogP contribution < -0.4 is 11.1 Å². The highest BCUT2D eigenvalue weighted by atomic mass is 35.5. The number of carbonyl (C=O) groups is 2. The molecule has 3 heterocycles. The molecule has 0 bridgehead atoms. The van der Waals surface area contributed by atoms with Crippen molar-refractivity contribution in [3.63, 3.8) is 0 Å². The number of carbonyl (C=O) groups excluding carboxylic acids is 1. The van der Waals surface area contributed by atoms with Crippen molar-refractivity contribution in [1.29, 1.82) is 0 Å². The Hall–Kier alpha value is -3.85. The molecular formula is C21H19ClN6O3. The van der Waals surface area contributed by atoms with Gasteiger partial charge in [-0.05, 0) is 36.6 Å². The van der Waals surface area contributed by atoms with Crippen molar-refractivity contribution < 1.29 is 14.7 Å². The molecule has 158 valence electrons. The molecule has 3 aromatic rings. The first-order chi connectivity index (χ1) is 14.9. The molecule has 2 aromatic heterocycles. The minimum atomic E-state index is -0.997. The molecule has 0 fully saturated rings.